The van der Waals surface area contributed by atoms with Crippen molar-refractivity contribution in [3.8, 4) is 11.3 Å². The first kappa shape index (κ1) is 31.8. The van der Waals surface area contributed by atoms with Crippen LogP contribution in [0.2, 0.25) is 5.15 Å². The number of rotatable bonds is 10. The number of imidazole rings is 1. The lowest BCUT2D eigenvalue weighted by molar-refractivity contribution is -0.114. The number of thiophene rings is 1. The maximum Gasteiger partial charge on any atom is 0.516 e. The fourth-order valence-corrected chi connectivity index (χ4v) is 6.75. The van der Waals surface area contributed by atoms with E-state index in [1.807, 2.05) is 41.1 Å². The number of nitrogens with zero attached hydrogens (tertiary/aromatic N) is 2. The fourth-order valence-electron chi connectivity index (χ4n) is 4.58. The number of aryl methyl sites for hydroxylation is 1. The van der Waals surface area contributed by atoms with Crippen molar-refractivity contribution in [2.75, 3.05) is 4.72 Å². The van der Waals surface area contributed by atoms with Gasteiger partial charge in [-0.25, -0.2) is 4.98 Å². The van der Waals surface area contributed by atoms with Crippen molar-refractivity contribution in [1.29, 1.82) is 0 Å². The molecule has 0 unspecified atom stereocenters. The first-order valence-electron chi connectivity index (χ1n) is 13.0. The lowest BCUT2D eigenvalue weighted by Crippen LogP contribution is -2.30. The minimum absolute atomic E-state index is 0.108. The average Bonchev–Trinajstić information content (AvgIpc) is 3.67. The van der Waals surface area contributed by atoms with Gasteiger partial charge in [0, 0.05) is 40.8 Å². The number of hydrogen-bond donors (Lipinski definition) is 2. The maximum absolute atomic E-state index is 13.1. The quantitative estimate of drug-likeness (QED) is 0.143. The first-order valence-corrected chi connectivity index (χ1v) is 16.5. The monoisotopic (exact) mass is 726 g/mol. The molecule has 230 valence electrons. The summed E-state index contributed by atoms with van der Waals surface area (Å²) in [6.07, 6.45) is 2.55. The number of benzene rings is 2. The summed E-state index contributed by atoms with van der Waals surface area (Å²) in [5, 5.41) is 2.73. The lowest BCUT2D eigenvalue weighted by atomic mass is 10.1. The van der Waals surface area contributed by atoms with Crippen LogP contribution in [0.4, 0.5) is 18.9 Å². The Morgan fingerprint density at radius 2 is 1.95 bits per heavy atom. The molecule has 3 aromatic heterocycles. The summed E-state index contributed by atoms with van der Waals surface area (Å²) in [5.41, 5.74) is 2.12. The molecule has 2 aromatic carbocycles. The number of carbonyl (C=O) groups is 1. The van der Waals surface area contributed by atoms with Gasteiger partial charge in [0.25, 0.3) is 0 Å². The van der Waals surface area contributed by atoms with Crippen LogP contribution in [0.5, 0.6) is 0 Å². The topological polar surface area (TPSA) is 120 Å². The summed E-state index contributed by atoms with van der Waals surface area (Å²) in [6, 6.07) is 14.8. The molecule has 44 heavy (non-hydrogen) atoms. The Morgan fingerprint density at radius 3 is 2.61 bits per heavy atom. The molecule has 5 rings (SSSR count). The van der Waals surface area contributed by atoms with Gasteiger partial charge in [-0.15, -0.1) is 11.3 Å². The van der Waals surface area contributed by atoms with Gasteiger partial charge in [0.2, 0.25) is 5.91 Å². The van der Waals surface area contributed by atoms with Crippen LogP contribution in [-0.2, 0) is 34.2 Å². The molecule has 0 aliphatic heterocycles. The van der Waals surface area contributed by atoms with Crippen LogP contribution < -0.4 is 10.5 Å². The van der Waals surface area contributed by atoms with Crippen LogP contribution in [0.15, 0.2) is 74.4 Å². The number of aromatic nitrogens is 2. The van der Waals surface area contributed by atoms with Crippen molar-refractivity contribution >= 4 is 77.5 Å². The molecule has 15 heteroatoms. The number of fused-ring (bicyclic) bond motifs is 1. The predicted octanol–water partition coefficient (Wildman–Crippen LogP) is 7.76. The van der Waals surface area contributed by atoms with Crippen molar-refractivity contribution in [2.45, 2.75) is 31.8 Å². The minimum atomic E-state index is -5.66. The standard InChI is InChI=1S/C29H23BrClF3N4O4S2/c1-2-24-36-27(31)22(14-17(28(35)39)13-18-6-5-11-43-18)38(24)15-16-9-10-23-20(12-16)25(30)26(42-23)19-7-3-4-8-21(19)37-44(40,41)29(32,33)34/h3-12,14,37H,2,13,15H2,1H3,(H2,35,39)/b17-14+. The van der Waals surface area contributed by atoms with Gasteiger partial charge in [-0.3, -0.25) is 9.52 Å². The predicted molar refractivity (Wildman–Crippen MR) is 169 cm³/mol. The Kier molecular flexibility index (Phi) is 8.99. The lowest BCUT2D eigenvalue weighted by Gasteiger charge is -2.13. The highest BCUT2D eigenvalue weighted by molar-refractivity contribution is 9.10. The number of furan rings is 1. The summed E-state index contributed by atoms with van der Waals surface area (Å²) in [6.45, 7) is 2.24. The highest BCUT2D eigenvalue weighted by Gasteiger charge is 2.46. The zero-order valence-corrected chi connectivity index (χ0v) is 26.8. The normalized spacial score (nSPS) is 12.6. The van der Waals surface area contributed by atoms with E-state index in [2.05, 4.69) is 20.9 Å². The number of alkyl halides is 3. The number of primary amides is 1. The van der Waals surface area contributed by atoms with Crippen LogP contribution in [0.3, 0.4) is 0 Å². The number of halogens is 5. The molecule has 5 aromatic rings. The van der Waals surface area contributed by atoms with Gasteiger partial charge in [0.15, 0.2) is 10.9 Å². The Balaban J connectivity index is 1.53. The van der Waals surface area contributed by atoms with Crippen molar-refractivity contribution < 1.29 is 30.8 Å². The zero-order valence-electron chi connectivity index (χ0n) is 22.8. The van der Waals surface area contributed by atoms with E-state index in [9.17, 15) is 26.4 Å². The molecule has 1 amide bonds. The van der Waals surface area contributed by atoms with Crippen LogP contribution in [-0.4, -0.2) is 29.4 Å². The average molecular weight is 728 g/mol. The van der Waals surface area contributed by atoms with E-state index in [-0.39, 0.29) is 22.2 Å². The Hall–Kier alpha value is -3.59. The largest absolute Gasteiger partial charge is 0.516 e. The molecule has 0 bridgehead atoms. The summed E-state index contributed by atoms with van der Waals surface area (Å²) in [4.78, 5) is 17.8. The molecule has 0 saturated carbocycles. The van der Waals surface area contributed by atoms with E-state index in [0.717, 1.165) is 10.4 Å². The third-order valence-electron chi connectivity index (χ3n) is 6.68. The summed E-state index contributed by atoms with van der Waals surface area (Å²) < 4.78 is 72.7. The van der Waals surface area contributed by atoms with Gasteiger partial charge < -0.3 is 14.7 Å². The molecular weight excluding hydrogens is 705 g/mol. The molecule has 0 saturated heterocycles. The van der Waals surface area contributed by atoms with Gasteiger partial charge >= 0.3 is 15.5 Å². The summed E-state index contributed by atoms with van der Waals surface area (Å²) in [7, 11) is -5.66. The molecule has 0 aliphatic rings. The van der Waals surface area contributed by atoms with Crippen molar-refractivity contribution in [2.24, 2.45) is 5.73 Å². The minimum Gasteiger partial charge on any atom is -0.455 e. The van der Waals surface area contributed by atoms with Gasteiger partial charge in [-0.05, 0) is 63.3 Å². The number of nitrogens with two attached hydrogens (primary N) is 1. The van der Waals surface area contributed by atoms with Crippen molar-refractivity contribution in [3.63, 3.8) is 0 Å². The molecule has 0 radical (unpaired) electrons. The van der Waals surface area contributed by atoms with E-state index in [0.29, 0.717) is 51.9 Å². The highest BCUT2D eigenvalue weighted by atomic mass is 79.9. The van der Waals surface area contributed by atoms with Gasteiger partial charge in [0.05, 0.1) is 15.9 Å². The van der Waals surface area contributed by atoms with Gasteiger partial charge in [0.1, 0.15) is 11.4 Å². The Morgan fingerprint density at radius 1 is 1.20 bits per heavy atom. The smallest absolute Gasteiger partial charge is 0.455 e. The van der Waals surface area contributed by atoms with Crippen LogP contribution >= 0.6 is 38.9 Å². The molecule has 3 N–H and O–H groups in total. The summed E-state index contributed by atoms with van der Waals surface area (Å²) >= 11 is 11.5. The van der Waals surface area contributed by atoms with E-state index in [1.165, 1.54) is 29.5 Å². The van der Waals surface area contributed by atoms with E-state index in [4.69, 9.17) is 21.8 Å². The maximum atomic E-state index is 13.1. The number of hydrogen-bond acceptors (Lipinski definition) is 6. The van der Waals surface area contributed by atoms with Crippen LogP contribution in [0, 0.1) is 0 Å². The molecule has 0 spiro atoms. The number of para-hydroxylation sites is 1. The Bertz CT molecular complexity index is 2000. The third kappa shape index (κ3) is 6.43. The number of sulfonamides is 1. The molecule has 8 nitrogen and oxygen atoms in total. The summed E-state index contributed by atoms with van der Waals surface area (Å²) in [5.74, 6) is 0.245. The van der Waals surface area contributed by atoms with Crippen LogP contribution in [0.1, 0.15) is 28.9 Å². The van der Waals surface area contributed by atoms with Gasteiger partial charge in [-0.2, -0.15) is 21.6 Å². The second kappa shape index (κ2) is 12.4. The number of carbonyl (C=O) groups excluding carboxylic acids is 1. The number of amides is 1. The molecule has 0 aliphatic carbocycles. The Labute approximate surface area is 267 Å². The molecule has 0 fully saturated rings. The SMILES string of the molecule is CCc1nc(Cl)c(/C=C(\Cc2cccs2)C(N)=O)n1Cc1ccc2oc(-c3ccccc3NS(=O)(=O)C(F)(F)F)c(Br)c2c1. The third-order valence-corrected chi connectivity index (χ3v) is 9.72. The fraction of sp³-hybridized carbons (Fsp3) is 0.172. The van der Waals surface area contributed by atoms with Crippen molar-refractivity contribution in [1.82, 2.24) is 9.55 Å². The number of anilines is 1. The highest BCUT2D eigenvalue weighted by Crippen LogP contribution is 2.42. The second-order valence-electron chi connectivity index (χ2n) is 9.61. The molecule has 0 atom stereocenters. The van der Waals surface area contributed by atoms with Crippen molar-refractivity contribution in [3.05, 3.63) is 97.1 Å². The zero-order chi connectivity index (χ0) is 31.8. The van der Waals surface area contributed by atoms with E-state index < -0.39 is 21.4 Å². The van der Waals surface area contributed by atoms with Gasteiger partial charge in [-0.1, -0.05) is 42.8 Å². The molecule has 3 heterocycles. The van der Waals surface area contributed by atoms with E-state index in [1.54, 1.807) is 22.9 Å². The first-order chi connectivity index (χ1) is 20.8. The van der Waals surface area contributed by atoms with E-state index >= 15 is 0 Å². The second-order valence-corrected chi connectivity index (χ2v) is 13.5. The number of nitrogens with one attached hydrogen (secondary N) is 1. The van der Waals surface area contributed by atoms with Crippen LogP contribution in [0.25, 0.3) is 28.4 Å². The molecular formula is C29H23BrClF3N4O4S2.